The predicted octanol–water partition coefficient (Wildman–Crippen LogP) is 3.89. The number of halogens is 2. The Morgan fingerprint density at radius 2 is 1.88 bits per heavy atom. The third-order valence-corrected chi connectivity index (χ3v) is 4.97. The molecular formula is C19H25ClFNO4. The molecule has 7 heteroatoms. The lowest BCUT2D eigenvalue weighted by Gasteiger charge is -2.34. The molecule has 0 aromatic heterocycles. The molecular weight excluding hydrogens is 361 g/mol. The topological polar surface area (TPSA) is 64.6 Å². The summed E-state index contributed by atoms with van der Waals surface area (Å²) >= 11 is 6.46. The quantitative estimate of drug-likeness (QED) is 0.727. The smallest absolute Gasteiger partial charge is 0.336 e. The van der Waals surface area contributed by atoms with Gasteiger partial charge in [0, 0.05) is 16.6 Å². The number of alkyl halides is 1. The number of ether oxygens (including phenoxy) is 2. The SMILES string of the molecule is COC(=O)C1=C(CF)NC(C)=C(C(=O)OC(C)C)C1C1=C(Cl)CCCC1. The Hall–Kier alpha value is -1.82. The molecule has 26 heavy (non-hydrogen) atoms. The van der Waals surface area contributed by atoms with E-state index >= 15 is 0 Å². The normalized spacial score (nSPS) is 21.1. The van der Waals surface area contributed by atoms with E-state index in [1.165, 1.54) is 7.11 Å². The van der Waals surface area contributed by atoms with Crippen LogP contribution in [0.2, 0.25) is 0 Å². The van der Waals surface area contributed by atoms with Crippen molar-refractivity contribution in [3.05, 3.63) is 33.1 Å². The van der Waals surface area contributed by atoms with Crippen molar-refractivity contribution in [3.63, 3.8) is 0 Å². The molecule has 1 unspecified atom stereocenters. The summed E-state index contributed by atoms with van der Waals surface area (Å²) in [6.45, 7) is 4.28. The number of methoxy groups -OCH3 is 1. The average molecular weight is 386 g/mol. The van der Waals surface area contributed by atoms with Gasteiger partial charge in [-0.05, 0) is 52.0 Å². The minimum absolute atomic E-state index is 0.0892. The minimum Gasteiger partial charge on any atom is -0.466 e. The van der Waals surface area contributed by atoms with Gasteiger partial charge in [-0.15, -0.1) is 0 Å². The number of esters is 2. The summed E-state index contributed by atoms with van der Waals surface area (Å²) < 4.78 is 23.9. The van der Waals surface area contributed by atoms with E-state index < -0.39 is 24.5 Å². The lowest BCUT2D eigenvalue weighted by molar-refractivity contribution is -0.143. The fourth-order valence-electron chi connectivity index (χ4n) is 3.44. The Morgan fingerprint density at radius 1 is 1.23 bits per heavy atom. The first-order valence-corrected chi connectivity index (χ1v) is 9.13. The van der Waals surface area contributed by atoms with E-state index in [0.29, 0.717) is 23.6 Å². The molecule has 0 saturated heterocycles. The van der Waals surface area contributed by atoms with Gasteiger partial charge < -0.3 is 14.8 Å². The van der Waals surface area contributed by atoms with Crippen LogP contribution in [0.5, 0.6) is 0 Å². The van der Waals surface area contributed by atoms with E-state index in [4.69, 9.17) is 21.1 Å². The van der Waals surface area contributed by atoms with Crippen LogP contribution < -0.4 is 5.32 Å². The second-order valence-electron chi connectivity index (χ2n) is 6.71. The molecule has 144 valence electrons. The van der Waals surface area contributed by atoms with Gasteiger partial charge in [-0.1, -0.05) is 11.6 Å². The third kappa shape index (κ3) is 4.11. The van der Waals surface area contributed by atoms with E-state index in [0.717, 1.165) is 18.4 Å². The number of nitrogens with one attached hydrogen (secondary N) is 1. The number of allylic oxidation sites excluding steroid dienone is 4. The van der Waals surface area contributed by atoms with Gasteiger partial charge in [0.2, 0.25) is 0 Å². The Morgan fingerprint density at radius 3 is 2.42 bits per heavy atom. The standard InChI is InChI=1S/C19H25ClFNO4/c1-10(2)26-19(24)15-11(3)22-14(9-21)17(18(23)25-4)16(15)12-7-5-6-8-13(12)20/h10,16,22H,5-9H2,1-4H3. The summed E-state index contributed by atoms with van der Waals surface area (Å²) in [6, 6.07) is 0. The molecule has 1 heterocycles. The zero-order valence-electron chi connectivity index (χ0n) is 15.6. The fourth-order valence-corrected chi connectivity index (χ4v) is 3.78. The maximum atomic E-state index is 13.7. The van der Waals surface area contributed by atoms with Crippen LogP contribution in [0.3, 0.4) is 0 Å². The molecule has 0 radical (unpaired) electrons. The zero-order chi connectivity index (χ0) is 19.4. The molecule has 0 spiro atoms. The van der Waals surface area contributed by atoms with Gasteiger partial charge in [-0.3, -0.25) is 0 Å². The van der Waals surface area contributed by atoms with Gasteiger partial charge in [0.25, 0.3) is 0 Å². The van der Waals surface area contributed by atoms with E-state index in [2.05, 4.69) is 5.32 Å². The van der Waals surface area contributed by atoms with Crippen molar-refractivity contribution in [2.75, 3.05) is 13.8 Å². The van der Waals surface area contributed by atoms with Crippen LogP contribution in [0.4, 0.5) is 4.39 Å². The molecule has 0 aromatic rings. The van der Waals surface area contributed by atoms with Crippen molar-refractivity contribution >= 4 is 23.5 Å². The molecule has 0 amide bonds. The highest BCUT2D eigenvalue weighted by molar-refractivity contribution is 6.30. The van der Waals surface area contributed by atoms with Gasteiger partial charge in [0.1, 0.15) is 6.67 Å². The maximum Gasteiger partial charge on any atom is 0.336 e. The molecule has 2 rings (SSSR count). The molecule has 1 aliphatic heterocycles. The molecule has 0 bridgehead atoms. The first-order chi connectivity index (χ1) is 12.3. The minimum atomic E-state index is -0.879. The van der Waals surface area contributed by atoms with E-state index in [-0.39, 0.29) is 22.9 Å². The number of carbonyl (C=O) groups excluding carboxylic acids is 2. The van der Waals surface area contributed by atoms with Crippen molar-refractivity contribution in [1.82, 2.24) is 5.32 Å². The molecule has 2 aliphatic rings. The molecule has 0 saturated carbocycles. The lowest BCUT2D eigenvalue weighted by Crippen LogP contribution is -2.36. The van der Waals surface area contributed by atoms with Crippen LogP contribution in [0.15, 0.2) is 33.1 Å². The van der Waals surface area contributed by atoms with Crippen LogP contribution in [-0.2, 0) is 19.1 Å². The fraction of sp³-hybridized carbons (Fsp3) is 0.579. The van der Waals surface area contributed by atoms with Crippen LogP contribution in [0.1, 0.15) is 46.5 Å². The Labute approximate surface area is 158 Å². The number of hydrogen-bond donors (Lipinski definition) is 1. The highest BCUT2D eigenvalue weighted by Gasteiger charge is 2.41. The van der Waals surface area contributed by atoms with Gasteiger partial charge in [-0.2, -0.15) is 0 Å². The second kappa shape index (κ2) is 8.71. The summed E-state index contributed by atoms with van der Waals surface area (Å²) in [5.74, 6) is -1.98. The number of hydrogen-bond acceptors (Lipinski definition) is 5. The van der Waals surface area contributed by atoms with Crippen molar-refractivity contribution in [3.8, 4) is 0 Å². The van der Waals surface area contributed by atoms with Crippen molar-refractivity contribution in [2.45, 2.75) is 52.6 Å². The Balaban J connectivity index is 2.65. The van der Waals surface area contributed by atoms with Crippen LogP contribution in [0, 0.1) is 5.92 Å². The molecule has 1 aliphatic carbocycles. The second-order valence-corrected chi connectivity index (χ2v) is 7.16. The Kier molecular flexibility index (Phi) is 6.87. The van der Waals surface area contributed by atoms with Crippen molar-refractivity contribution in [1.29, 1.82) is 0 Å². The summed E-state index contributed by atoms with van der Waals surface area (Å²) in [7, 11) is 1.23. The highest BCUT2D eigenvalue weighted by Crippen LogP contribution is 2.43. The molecule has 0 fully saturated rings. The van der Waals surface area contributed by atoms with E-state index in [1.54, 1.807) is 20.8 Å². The van der Waals surface area contributed by atoms with Crippen LogP contribution >= 0.6 is 11.6 Å². The lowest BCUT2D eigenvalue weighted by atomic mass is 9.76. The first-order valence-electron chi connectivity index (χ1n) is 8.75. The summed E-state index contributed by atoms with van der Waals surface area (Å²) in [6.07, 6.45) is 2.81. The monoisotopic (exact) mass is 385 g/mol. The molecule has 1 N–H and O–H groups in total. The largest absolute Gasteiger partial charge is 0.466 e. The number of carbonyl (C=O) groups is 2. The number of rotatable bonds is 5. The maximum absolute atomic E-state index is 13.7. The molecule has 1 atom stereocenters. The zero-order valence-corrected chi connectivity index (χ0v) is 16.3. The molecule has 0 aromatic carbocycles. The van der Waals surface area contributed by atoms with E-state index in [9.17, 15) is 14.0 Å². The van der Waals surface area contributed by atoms with Crippen LogP contribution in [-0.4, -0.2) is 31.8 Å². The number of dihydropyridines is 1. The van der Waals surface area contributed by atoms with Crippen molar-refractivity contribution < 1.29 is 23.5 Å². The van der Waals surface area contributed by atoms with E-state index in [1.807, 2.05) is 0 Å². The van der Waals surface area contributed by atoms with Gasteiger partial charge in [-0.25, -0.2) is 14.0 Å². The Bertz CT molecular complexity index is 694. The predicted molar refractivity (Wildman–Crippen MR) is 96.9 cm³/mol. The summed E-state index contributed by atoms with van der Waals surface area (Å²) in [5, 5.41) is 3.45. The third-order valence-electron chi connectivity index (χ3n) is 4.54. The van der Waals surface area contributed by atoms with Gasteiger partial charge in [0.05, 0.1) is 30.1 Å². The summed E-state index contributed by atoms with van der Waals surface area (Å²) in [4.78, 5) is 25.2. The summed E-state index contributed by atoms with van der Waals surface area (Å²) in [5.41, 5.74) is 1.70. The van der Waals surface area contributed by atoms with Crippen LogP contribution in [0.25, 0.3) is 0 Å². The van der Waals surface area contributed by atoms with Gasteiger partial charge in [0.15, 0.2) is 0 Å². The van der Waals surface area contributed by atoms with Crippen molar-refractivity contribution in [2.24, 2.45) is 5.92 Å². The van der Waals surface area contributed by atoms with Gasteiger partial charge >= 0.3 is 11.9 Å². The highest BCUT2D eigenvalue weighted by atomic mass is 35.5. The molecule has 5 nitrogen and oxygen atoms in total. The first kappa shape index (κ1) is 20.5. The average Bonchev–Trinajstić information content (AvgIpc) is 2.59.